The standard InChI is InChI=1S/C16H18N2O4/c1-9(2)15(19)17-8-11-5-10-6-13-14(22-4-3-21-13)7-12(10)18-16(11)20/h5-7,9H,3-4,8H2,1-2H3,(H,17,19)(H,18,20). The molecule has 2 heterocycles. The Morgan fingerprint density at radius 2 is 1.91 bits per heavy atom. The van der Waals surface area contributed by atoms with E-state index in [0.29, 0.717) is 35.8 Å². The van der Waals surface area contributed by atoms with E-state index in [-0.39, 0.29) is 23.9 Å². The maximum absolute atomic E-state index is 12.1. The summed E-state index contributed by atoms with van der Waals surface area (Å²) in [5.74, 6) is 1.11. The van der Waals surface area contributed by atoms with Crippen LogP contribution in [0.4, 0.5) is 0 Å². The Kier molecular flexibility index (Phi) is 3.75. The molecule has 1 aliphatic rings. The normalized spacial score (nSPS) is 13.4. The Labute approximate surface area is 127 Å². The molecule has 0 unspecified atom stereocenters. The molecule has 3 rings (SSSR count). The highest BCUT2D eigenvalue weighted by atomic mass is 16.6. The summed E-state index contributed by atoms with van der Waals surface area (Å²) in [6.07, 6.45) is 0. The van der Waals surface area contributed by atoms with Crippen molar-refractivity contribution in [3.63, 3.8) is 0 Å². The van der Waals surface area contributed by atoms with Gasteiger partial charge in [0.1, 0.15) is 13.2 Å². The molecule has 6 nitrogen and oxygen atoms in total. The van der Waals surface area contributed by atoms with E-state index in [1.54, 1.807) is 12.1 Å². The quantitative estimate of drug-likeness (QED) is 0.902. The molecule has 22 heavy (non-hydrogen) atoms. The predicted octanol–water partition coefficient (Wildman–Crippen LogP) is 1.57. The minimum atomic E-state index is -0.215. The van der Waals surface area contributed by atoms with E-state index in [1.165, 1.54) is 0 Å². The lowest BCUT2D eigenvalue weighted by molar-refractivity contribution is -0.124. The molecule has 1 aromatic carbocycles. The number of pyridine rings is 1. The van der Waals surface area contributed by atoms with Gasteiger partial charge in [0, 0.05) is 29.5 Å². The van der Waals surface area contributed by atoms with Crippen molar-refractivity contribution < 1.29 is 14.3 Å². The van der Waals surface area contributed by atoms with Gasteiger partial charge in [-0.15, -0.1) is 0 Å². The Hall–Kier alpha value is -2.50. The van der Waals surface area contributed by atoms with Crippen molar-refractivity contribution in [3.05, 3.63) is 34.1 Å². The summed E-state index contributed by atoms with van der Waals surface area (Å²) < 4.78 is 11.0. The summed E-state index contributed by atoms with van der Waals surface area (Å²) in [6, 6.07) is 5.38. The van der Waals surface area contributed by atoms with Crippen LogP contribution < -0.4 is 20.3 Å². The molecule has 0 aliphatic carbocycles. The van der Waals surface area contributed by atoms with Gasteiger partial charge in [-0.05, 0) is 12.1 Å². The Morgan fingerprint density at radius 3 is 2.59 bits per heavy atom. The van der Waals surface area contributed by atoms with Crippen molar-refractivity contribution in [2.75, 3.05) is 13.2 Å². The van der Waals surface area contributed by atoms with Gasteiger partial charge in [0.05, 0.1) is 5.52 Å². The van der Waals surface area contributed by atoms with Crippen molar-refractivity contribution >= 4 is 16.8 Å². The molecule has 0 radical (unpaired) electrons. The summed E-state index contributed by atoms with van der Waals surface area (Å²) in [6.45, 7) is 4.84. The van der Waals surface area contributed by atoms with E-state index in [1.807, 2.05) is 19.9 Å². The minimum Gasteiger partial charge on any atom is -0.486 e. The lowest BCUT2D eigenvalue weighted by atomic mass is 10.1. The second-order valence-electron chi connectivity index (χ2n) is 5.58. The van der Waals surface area contributed by atoms with Crippen LogP contribution in [0.15, 0.2) is 23.0 Å². The van der Waals surface area contributed by atoms with Crippen LogP contribution in [-0.2, 0) is 11.3 Å². The number of aromatic nitrogens is 1. The van der Waals surface area contributed by atoms with Crippen LogP contribution in [0.5, 0.6) is 11.5 Å². The van der Waals surface area contributed by atoms with Crippen molar-refractivity contribution in [2.24, 2.45) is 5.92 Å². The van der Waals surface area contributed by atoms with E-state index in [4.69, 9.17) is 9.47 Å². The summed E-state index contributed by atoms with van der Waals surface area (Å²) in [7, 11) is 0. The fourth-order valence-corrected chi connectivity index (χ4v) is 2.31. The van der Waals surface area contributed by atoms with Gasteiger partial charge < -0.3 is 19.8 Å². The summed E-state index contributed by atoms with van der Waals surface area (Å²) in [5.41, 5.74) is 0.986. The third-order valence-corrected chi connectivity index (χ3v) is 3.56. The molecular weight excluding hydrogens is 284 g/mol. The molecule has 2 aromatic rings. The van der Waals surface area contributed by atoms with Crippen LogP contribution in [0, 0.1) is 5.92 Å². The van der Waals surface area contributed by atoms with Crippen molar-refractivity contribution in [2.45, 2.75) is 20.4 Å². The number of aromatic amines is 1. The molecule has 0 fully saturated rings. The number of H-pyrrole nitrogens is 1. The van der Waals surface area contributed by atoms with Crippen LogP contribution in [0.1, 0.15) is 19.4 Å². The van der Waals surface area contributed by atoms with Gasteiger partial charge in [0.25, 0.3) is 5.56 Å². The highest BCUT2D eigenvalue weighted by Gasteiger charge is 2.14. The zero-order valence-electron chi connectivity index (χ0n) is 12.6. The Bertz CT molecular complexity index is 780. The van der Waals surface area contributed by atoms with Gasteiger partial charge in [0.15, 0.2) is 11.5 Å². The molecule has 0 bridgehead atoms. The van der Waals surface area contributed by atoms with Gasteiger partial charge in [-0.2, -0.15) is 0 Å². The third-order valence-electron chi connectivity index (χ3n) is 3.56. The second kappa shape index (κ2) is 5.71. The molecule has 6 heteroatoms. The maximum Gasteiger partial charge on any atom is 0.253 e. The molecule has 0 spiro atoms. The number of hydrogen-bond donors (Lipinski definition) is 2. The molecule has 2 N–H and O–H groups in total. The van der Waals surface area contributed by atoms with Crippen LogP contribution in [0.25, 0.3) is 10.9 Å². The Balaban J connectivity index is 1.93. The van der Waals surface area contributed by atoms with Crippen molar-refractivity contribution in [1.82, 2.24) is 10.3 Å². The van der Waals surface area contributed by atoms with Crippen molar-refractivity contribution in [3.8, 4) is 11.5 Å². The van der Waals surface area contributed by atoms with E-state index in [0.717, 1.165) is 5.39 Å². The number of amides is 1. The first-order chi connectivity index (χ1) is 10.5. The van der Waals surface area contributed by atoms with Crippen molar-refractivity contribution in [1.29, 1.82) is 0 Å². The topological polar surface area (TPSA) is 80.4 Å². The molecule has 0 saturated heterocycles. The molecule has 1 amide bonds. The largest absolute Gasteiger partial charge is 0.486 e. The summed E-state index contributed by atoms with van der Waals surface area (Å²) in [5, 5.41) is 3.60. The number of rotatable bonds is 3. The fourth-order valence-electron chi connectivity index (χ4n) is 2.31. The van der Waals surface area contributed by atoms with Crippen LogP contribution >= 0.6 is 0 Å². The summed E-state index contributed by atoms with van der Waals surface area (Å²) >= 11 is 0. The van der Waals surface area contributed by atoms with Gasteiger partial charge >= 0.3 is 0 Å². The molecule has 1 aromatic heterocycles. The second-order valence-corrected chi connectivity index (χ2v) is 5.58. The van der Waals surface area contributed by atoms with E-state index in [9.17, 15) is 9.59 Å². The van der Waals surface area contributed by atoms with E-state index >= 15 is 0 Å². The van der Waals surface area contributed by atoms with Gasteiger partial charge in [-0.3, -0.25) is 9.59 Å². The first kappa shape index (κ1) is 14.4. The first-order valence-corrected chi connectivity index (χ1v) is 7.28. The maximum atomic E-state index is 12.1. The fraction of sp³-hybridized carbons (Fsp3) is 0.375. The first-order valence-electron chi connectivity index (χ1n) is 7.28. The zero-order chi connectivity index (χ0) is 15.7. The van der Waals surface area contributed by atoms with Crippen LogP contribution in [-0.4, -0.2) is 24.1 Å². The molecule has 116 valence electrons. The highest BCUT2D eigenvalue weighted by molar-refractivity contribution is 5.83. The average molecular weight is 302 g/mol. The number of benzene rings is 1. The lowest BCUT2D eigenvalue weighted by Crippen LogP contribution is -2.29. The van der Waals surface area contributed by atoms with Gasteiger partial charge in [-0.1, -0.05) is 13.8 Å². The molecule has 0 saturated carbocycles. The average Bonchev–Trinajstić information content (AvgIpc) is 2.50. The molecular formula is C16H18N2O4. The number of ether oxygens (including phenoxy) is 2. The number of carbonyl (C=O) groups is 1. The number of nitrogens with one attached hydrogen (secondary N) is 2. The van der Waals surface area contributed by atoms with E-state index in [2.05, 4.69) is 10.3 Å². The lowest BCUT2D eigenvalue weighted by Gasteiger charge is -2.19. The van der Waals surface area contributed by atoms with E-state index < -0.39 is 0 Å². The van der Waals surface area contributed by atoms with Gasteiger partial charge in [-0.25, -0.2) is 0 Å². The predicted molar refractivity (Wildman–Crippen MR) is 82.2 cm³/mol. The molecule has 0 atom stereocenters. The van der Waals surface area contributed by atoms with Crippen LogP contribution in [0.2, 0.25) is 0 Å². The highest BCUT2D eigenvalue weighted by Crippen LogP contribution is 2.33. The summed E-state index contributed by atoms with van der Waals surface area (Å²) in [4.78, 5) is 26.5. The number of fused-ring (bicyclic) bond motifs is 2. The molecule has 1 aliphatic heterocycles. The Morgan fingerprint density at radius 1 is 1.23 bits per heavy atom. The SMILES string of the molecule is CC(C)C(=O)NCc1cc2cc3c(cc2[nH]c1=O)OCCO3. The zero-order valence-corrected chi connectivity index (χ0v) is 12.6. The minimum absolute atomic E-state index is 0.0818. The monoisotopic (exact) mass is 302 g/mol. The number of carbonyl (C=O) groups excluding carboxylic acids is 1. The van der Waals surface area contributed by atoms with Gasteiger partial charge in [0.2, 0.25) is 5.91 Å². The van der Waals surface area contributed by atoms with Crippen LogP contribution in [0.3, 0.4) is 0 Å². The third kappa shape index (κ3) is 2.77. The number of hydrogen-bond acceptors (Lipinski definition) is 4. The smallest absolute Gasteiger partial charge is 0.253 e.